The predicted octanol–water partition coefficient (Wildman–Crippen LogP) is 3.21. The first-order valence-corrected chi connectivity index (χ1v) is 4.73. The number of ether oxygens (including phenoxy) is 1. The van der Waals surface area contributed by atoms with Gasteiger partial charge in [0.05, 0.1) is 4.47 Å². The first kappa shape index (κ1) is 11.0. The lowest BCUT2D eigenvalue weighted by atomic mass is 10.1. The summed E-state index contributed by atoms with van der Waals surface area (Å²) < 4.78 is 17.9. The van der Waals surface area contributed by atoms with Crippen molar-refractivity contribution in [2.75, 3.05) is 0 Å². The predicted molar refractivity (Wildman–Crippen MR) is 52.1 cm³/mol. The van der Waals surface area contributed by atoms with Crippen LogP contribution in [0.15, 0.2) is 16.6 Å². The summed E-state index contributed by atoms with van der Waals surface area (Å²) in [6, 6.07) is 2.45. The number of carboxylic acid groups (broad SMARTS) is 1. The summed E-state index contributed by atoms with van der Waals surface area (Å²) in [6.45, 7) is 1.77. The zero-order valence-corrected chi connectivity index (χ0v) is 8.97. The minimum Gasteiger partial charge on any atom is -0.449 e. The van der Waals surface area contributed by atoms with Crippen molar-refractivity contribution < 1.29 is 19.0 Å². The second-order valence-electron chi connectivity index (χ2n) is 2.56. The Morgan fingerprint density at radius 2 is 2.29 bits per heavy atom. The van der Waals surface area contributed by atoms with E-state index in [-0.39, 0.29) is 11.6 Å². The molecule has 0 spiro atoms. The molecule has 1 aromatic rings. The van der Waals surface area contributed by atoms with E-state index in [4.69, 9.17) is 5.11 Å². The maximum Gasteiger partial charge on any atom is 0.511 e. The van der Waals surface area contributed by atoms with Gasteiger partial charge < -0.3 is 9.84 Å². The van der Waals surface area contributed by atoms with Crippen LogP contribution in [0, 0.1) is 5.82 Å². The molecule has 0 unspecified atom stereocenters. The summed E-state index contributed by atoms with van der Waals surface area (Å²) in [5.41, 5.74) is 0.406. The first-order valence-electron chi connectivity index (χ1n) is 3.94. The summed E-state index contributed by atoms with van der Waals surface area (Å²) in [4.78, 5) is 10.3. The molecule has 0 aliphatic rings. The quantitative estimate of drug-likeness (QED) is 0.658. The average molecular weight is 263 g/mol. The van der Waals surface area contributed by atoms with Gasteiger partial charge in [-0.3, -0.25) is 0 Å². The Hall–Kier alpha value is -1.10. The third-order valence-corrected chi connectivity index (χ3v) is 2.57. The summed E-state index contributed by atoms with van der Waals surface area (Å²) in [7, 11) is 0. The topological polar surface area (TPSA) is 46.5 Å². The largest absolute Gasteiger partial charge is 0.511 e. The van der Waals surface area contributed by atoms with Gasteiger partial charge in [0.2, 0.25) is 0 Å². The normalized spacial score (nSPS) is 9.93. The van der Waals surface area contributed by atoms with E-state index in [1.54, 1.807) is 6.92 Å². The van der Waals surface area contributed by atoms with Crippen molar-refractivity contribution in [2.24, 2.45) is 0 Å². The molecule has 0 radical (unpaired) electrons. The highest BCUT2D eigenvalue weighted by molar-refractivity contribution is 9.10. The third-order valence-electron chi connectivity index (χ3n) is 1.70. The Bertz CT molecular complexity index is 365. The van der Waals surface area contributed by atoms with Crippen LogP contribution in [-0.4, -0.2) is 11.3 Å². The number of rotatable bonds is 2. The van der Waals surface area contributed by atoms with Gasteiger partial charge in [-0.05, 0) is 34.5 Å². The van der Waals surface area contributed by atoms with Crippen molar-refractivity contribution in [1.29, 1.82) is 0 Å². The van der Waals surface area contributed by atoms with Crippen LogP contribution in [-0.2, 0) is 6.42 Å². The van der Waals surface area contributed by atoms with Crippen LogP contribution in [0.25, 0.3) is 0 Å². The molecular weight excluding hydrogens is 255 g/mol. The number of halogens is 2. The second-order valence-corrected chi connectivity index (χ2v) is 3.35. The number of hydrogen-bond donors (Lipinski definition) is 1. The third kappa shape index (κ3) is 2.23. The average Bonchev–Trinajstić information content (AvgIpc) is 2.10. The number of hydrogen-bond acceptors (Lipinski definition) is 2. The summed E-state index contributed by atoms with van der Waals surface area (Å²) in [6.07, 6.45) is -0.956. The molecule has 3 nitrogen and oxygen atoms in total. The molecule has 0 saturated carbocycles. The Labute approximate surface area is 88.6 Å². The summed E-state index contributed by atoms with van der Waals surface area (Å²) >= 11 is 3.09. The molecule has 0 atom stereocenters. The molecule has 0 saturated heterocycles. The number of carbonyl (C=O) groups is 1. The molecule has 0 fully saturated rings. The van der Waals surface area contributed by atoms with Crippen molar-refractivity contribution in [2.45, 2.75) is 13.3 Å². The van der Waals surface area contributed by atoms with Gasteiger partial charge in [-0.15, -0.1) is 0 Å². The molecule has 14 heavy (non-hydrogen) atoms. The van der Waals surface area contributed by atoms with Crippen LogP contribution in [0.5, 0.6) is 5.75 Å². The Morgan fingerprint density at radius 3 is 2.79 bits per heavy atom. The van der Waals surface area contributed by atoms with Gasteiger partial charge in [-0.2, -0.15) is 0 Å². The minimum absolute atomic E-state index is 0.107. The van der Waals surface area contributed by atoms with Crippen molar-refractivity contribution in [3.8, 4) is 5.75 Å². The van der Waals surface area contributed by atoms with E-state index < -0.39 is 6.16 Å². The van der Waals surface area contributed by atoms with Crippen molar-refractivity contribution in [1.82, 2.24) is 0 Å². The molecule has 76 valence electrons. The van der Waals surface area contributed by atoms with E-state index in [9.17, 15) is 9.18 Å². The maximum absolute atomic E-state index is 13.1. The molecule has 5 heteroatoms. The standard InChI is InChI=1S/C9H8BrFO3/c1-2-5-6(11)3-4-7(8(5)10)14-9(12)13/h3-4H,2H2,1H3,(H,12,13). The summed E-state index contributed by atoms with van der Waals surface area (Å²) in [5, 5.41) is 8.39. The van der Waals surface area contributed by atoms with Gasteiger partial charge in [0, 0.05) is 5.56 Å². The van der Waals surface area contributed by atoms with Gasteiger partial charge in [0.15, 0.2) is 0 Å². The lowest BCUT2D eigenvalue weighted by Crippen LogP contribution is -2.05. The highest BCUT2D eigenvalue weighted by Gasteiger charge is 2.12. The second kappa shape index (κ2) is 4.41. The fourth-order valence-corrected chi connectivity index (χ4v) is 1.76. The fourth-order valence-electron chi connectivity index (χ4n) is 1.07. The lowest BCUT2D eigenvalue weighted by Gasteiger charge is -2.07. The van der Waals surface area contributed by atoms with Gasteiger partial charge in [-0.25, -0.2) is 9.18 Å². The Kier molecular flexibility index (Phi) is 3.46. The fraction of sp³-hybridized carbons (Fsp3) is 0.222. The molecule has 1 aromatic carbocycles. The number of benzene rings is 1. The van der Waals surface area contributed by atoms with Gasteiger partial charge in [0.1, 0.15) is 11.6 Å². The molecule has 1 N–H and O–H groups in total. The highest BCUT2D eigenvalue weighted by Crippen LogP contribution is 2.31. The van der Waals surface area contributed by atoms with Crippen LogP contribution in [0.2, 0.25) is 0 Å². The Morgan fingerprint density at radius 1 is 1.64 bits per heavy atom. The maximum atomic E-state index is 13.1. The van der Waals surface area contributed by atoms with Gasteiger partial charge in [0.25, 0.3) is 0 Å². The first-order chi connectivity index (χ1) is 6.56. The van der Waals surface area contributed by atoms with Crippen LogP contribution in [0.1, 0.15) is 12.5 Å². The van der Waals surface area contributed by atoms with Crippen molar-refractivity contribution in [3.05, 3.63) is 28.0 Å². The van der Waals surface area contributed by atoms with E-state index in [2.05, 4.69) is 20.7 Å². The van der Waals surface area contributed by atoms with Crippen LogP contribution >= 0.6 is 15.9 Å². The van der Waals surface area contributed by atoms with Crippen molar-refractivity contribution >= 4 is 22.1 Å². The zero-order chi connectivity index (χ0) is 10.7. The minimum atomic E-state index is -1.42. The molecule has 0 bridgehead atoms. The molecule has 1 rings (SSSR count). The molecule has 0 aromatic heterocycles. The molecular formula is C9H8BrFO3. The zero-order valence-electron chi connectivity index (χ0n) is 7.38. The SMILES string of the molecule is CCc1c(F)ccc(OC(=O)O)c1Br. The van der Waals surface area contributed by atoms with E-state index in [0.717, 1.165) is 0 Å². The highest BCUT2D eigenvalue weighted by atomic mass is 79.9. The van der Waals surface area contributed by atoms with E-state index in [0.29, 0.717) is 16.5 Å². The van der Waals surface area contributed by atoms with Gasteiger partial charge in [-0.1, -0.05) is 6.92 Å². The lowest BCUT2D eigenvalue weighted by molar-refractivity contribution is 0.144. The smallest absolute Gasteiger partial charge is 0.449 e. The Balaban J connectivity index is 3.14. The van der Waals surface area contributed by atoms with Gasteiger partial charge >= 0.3 is 6.16 Å². The molecule has 0 amide bonds. The van der Waals surface area contributed by atoms with Crippen molar-refractivity contribution in [3.63, 3.8) is 0 Å². The van der Waals surface area contributed by atoms with Crippen LogP contribution in [0.4, 0.5) is 9.18 Å². The van der Waals surface area contributed by atoms with E-state index in [1.807, 2.05) is 0 Å². The molecule has 0 aliphatic heterocycles. The summed E-state index contributed by atoms with van der Waals surface area (Å²) in [5.74, 6) is -0.270. The molecule has 0 aliphatic carbocycles. The van der Waals surface area contributed by atoms with Crippen LogP contribution < -0.4 is 4.74 Å². The molecule has 0 heterocycles. The van der Waals surface area contributed by atoms with Crippen LogP contribution in [0.3, 0.4) is 0 Å². The van der Waals surface area contributed by atoms with E-state index in [1.165, 1.54) is 12.1 Å². The van der Waals surface area contributed by atoms with E-state index >= 15 is 0 Å². The monoisotopic (exact) mass is 262 g/mol.